The number of piperidine rings is 1. The summed E-state index contributed by atoms with van der Waals surface area (Å²) in [4.78, 5) is 0. The Morgan fingerprint density at radius 2 is 2.14 bits per heavy atom. The van der Waals surface area contributed by atoms with Crippen LogP contribution in [0.3, 0.4) is 0 Å². The molecule has 0 aromatic carbocycles. The summed E-state index contributed by atoms with van der Waals surface area (Å²) >= 11 is 0. The highest BCUT2D eigenvalue weighted by Crippen LogP contribution is 2.25. The molecule has 1 atom stereocenters. The Kier molecular flexibility index (Phi) is 3.55. The number of hydrogen-bond acceptors (Lipinski definition) is 3. The van der Waals surface area contributed by atoms with Crippen molar-refractivity contribution in [2.75, 3.05) is 26.4 Å². The van der Waals surface area contributed by atoms with Crippen LogP contribution in [0.4, 0.5) is 0 Å². The summed E-state index contributed by atoms with van der Waals surface area (Å²) in [6, 6.07) is 0. The topological polar surface area (TPSA) is 49.4 Å². The number of nitrogens with one attached hydrogen (secondary N) is 1. The van der Waals surface area contributed by atoms with Gasteiger partial charge in [0, 0.05) is 18.6 Å². The van der Waals surface area contributed by atoms with E-state index in [0.29, 0.717) is 13.1 Å². The Bertz CT molecular complexity index is 283. The van der Waals surface area contributed by atoms with Crippen LogP contribution in [-0.2, 0) is 10.0 Å². The Morgan fingerprint density at radius 3 is 2.57 bits per heavy atom. The van der Waals surface area contributed by atoms with Gasteiger partial charge in [-0.15, -0.1) is 0 Å². The highest BCUT2D eigenvalue weighted by molar-refractivity contribution is 7.88. The molecule has 14 heavy (non-hydrogen) atoms. The summed E-state index contributed by atoms with van der Waals surface area (Å²) < 4.78 is 24.4. The second-order valence-corrected chi connectivity index (χ2v) is 6.07. The molecular formula is C9H20N2O2S. The van der Waals surface area contributed by atoms with Crippen LogP contribution < -0.4 is 5.32 Å². The Hall–Kier alpha value is -0.130. The van der Waals surface area contributed by atoms with E-state index in [2.05, 4.69) is 12.2 Å². The molecule has 0 saturated carbocycles. The fraction of sp³-hybridized carbons (Fsp3) is 1.00. The van der Waals surface area contributed by atoms with Crippen molar-refractivity contribution in [3.63, 3.8) is 0 Å². The summed E-state index contributed by atoms with van der Waals surface area (Å²) in [5.74, 6) is 0. The van der Waals surface area contributed by atoms with Crippen LogP contribution >= 0.6 is 0 Å². The largest absolute Gasteiger partial charge is 0.313 e. The molecule has 0 aromatic heterocycles. The predicted octanol–water partition coefficient (Wildman–Crippen LogP) is 0.410. The van der Waals surface area contributed by atoms with Gasteiger partial charge in [0.1, 0.15) is 0 Å². The molecule has 0 spiro atoms. The third-order valence-electron chi connectivity index (χ3n) is 3.22. The number of hydrogen-bond donors (Lipinski definition) is 1. The van der Waals surface area contributed by atoms with Gasteiger partial charge in [-0.05, 0) is 26.3 Å². The molecular weight excluding hydrogens is 200 g/mol. The van der Waals surface area contributed by atoms with Gasteiger partial charge in [0.05, 0.1) is 6.26 Å². The molecule has 0 bridgehead atoms. The van der Waals surface area contributed by atoms with E-state index < -0.39 is 10.0 Å². The zero-order valence-corrected chi connectivity index (χ0v) is 10.0. The minimum absolute atomic E-state index is 0.0126. The van der Waals surface area contributed by atoms with E-state index >= 15 is 0 Å². The monoisotopic (exact) mass is 220 g/mol. The van der Waals surface area contributed by atoms with E-state index in [0.717, 1.165) is 19.3 Å². The van der Waals surface area contributed by atoms with Gasteiger partial charge in [-0.25, -0.2) is 12.7 Å². The summed E-state index contributed by atoms with van der Waals surface area (Å²) in [6.07, 6.45) is 4.26. The molecule has 1 fully saturated rings. The molecule has 1 saturated heterocycles. The van der Waals surface area contributed by atoms with E-state index in [9.17, 15) is 8.42 Å². The molecule has 84 valence electrons. The summed E-state index contributed by atoms with van der Waals surface area (Å²) in [5.41, 5.74) is -0.0126. The van der Waals surface area contributed by atoms with Crippen LogP contribution in [0.5, 0.6) is 0 Å². The molecule has 1 aliphatic rings. The highest BCUT2D eigenvalue weighted by atomic mass is 32.2. The van der Waals surface area contributed by atoms with Gasteiger partial charge < -0.3 is 5.32 Å². The molecule has 1 heterocycles. The fourth-order valence-electron chi connectivity index (χ4n) is 2.04. The van der Waals surface area contributed by atoms with Crippen LogP contribution in [0.1, 0.15) is 26.2 Å². The maximum atomic E-state index is 11.4. The van der Waals surface area contributed by atoms with Crippen molar-refractivity contribution >= 4 is 10.0 Å². The molecule has 1 rings (SSSR count). The minimum atomic E-state index is -3.02. The third kappa shape index (κ3) is 2.46. The number of nitrogens with zero attached hydrogens (tertiary/aromatic N) is 1. The van der Waals surface area contributed by atoms with Crippen molar-refractivity contribution < 1.29 is 8.42 Å². The molecule has 1 unspecified atom stereocenters. The molecule has 0 aromatic rings. The van der Waals surface area contributed by atoms with Crippen molar-refractivity contribution in [2.24, 2.45) is 0 Å². The first-order chi connectivity index (χ1) is 6.43. The van der Waals surface area contributed by atoms with Crippen molar-refractivity contribution in [1.29, 1.82) is 0 Å². The van der Waals surface area contributed by atoms with E-state index in [-0.39, 0.29) is 5.54 Å². The van der Waals surface area contributed by atoms with Gasteiger partial charge in [-0.1, -0.05) is 6.92 Å². The van der Waals surface area contributed by atoms with Crippen LogP contribution in [-0.4, -0.2) is 44.7 Å². The second kappa shape index (κ2) is 4.16. The average molecular weight is 220 g/mol. The second-order valence-electron chi connectivity index (χ2n) is 4.08. The fourth-order valence-corrected chi connectivity index (χ4v) is 2.98. The molecule has 0 aliphatic carbocycles. The number of sulfonamides is 1. The lowest BCUT2D eigenvalue weighted by Gasteiger charge is -2.41. The maximum absolute atomic E-state index is 11.4. The summed E-state index contributed by atoms with van der Waals surface area (Å²) in [6.45, 7) is 3.38. The van der Waals surface area contributed by atoms with Gasteiger partial charge >= 0.3 is 0 Å². The molecule has 4 nitrogen and oxygen atoms in total. The van der Waals surface area contributed by atoms with Crippen molar-refractivity contribution in [3.05, 3.63) is 0 Å². The first kappa shape index (κ1) is 11.9. The Morgan fingerprint density at radius 1 is 1.50 bits per heavy atom. The third-order valence-corrected chi connectivity index (χ3v) is 4.47. The average Bonchev–Trinajstić information content (AvgIpc) is 2.16. The number of likely N-dealkylation sites (N-methyl/N-ethyl adjacent to an activating group) is 1. The summed E-state index contributed by atoms with van der Waals surface area (Å²) in [7, 11) is -1.11. The molecule has 5 heteroatoms. The van der Waals surface area contributed by atoms with Gasteiger partial charge in [0.15, 0.2) is 0 Å². The van der Waals surface area contributed by atoms with Crippen LogP contribution in [0.2, 0.25) is 0 Å². The van der Waals surface area contributed by atoms with E-state index in [1.165, 1.54) is 6.26 Å². The maximum Gasteiger partial charge on any atom is 0.211 e. The quantitative estimate of drug-likeness (QED) is 0.749. The lowest BCUT2D eigenvalue weighted by atomic mass is 9.88. The zero-order valence-electron chi connectivity index (χ0n) is 9.21. The Labute approximate surface area is 86.7 Å². The van der Waals surface area contributed by atoms with Crippen LogP contribution in [0.25, 0.3) is 0 Å². The highest BCUT2D eigenvalue weighted by Gasteiger charge is 2.35. The van der Waals surface area contributed by atoms with Gasteiger partial charge in [-0.3, -0.25) is 0 Å². The molecule has 1 N–H and O–H groups in total. The molecule has 0 amide bonds. The van der Waals surface area contributed by atoms with E-state index in [4.69, 9.17) is 0 Å². The van der Waals surface area contributed by atoms with Crippen LogP contribution in [0, 0.1) is 0 Å². The van der Waals surface area contributed by atoms with Crippen molar-refractivity contribution in [3.8, 4) is 0 Å². The standard InChI is InChI=1S/C9H20N2O2S/c1-4-9(10-2)6-5-7-11(8-9)14(3,12)13/h10H,4-8H2,1-3H3. The predicted molar refractivity (Wildman–Crippen MR) is 57.7 cm³/mol. The van der Waals surface area contributed by atoms with E-state index in [1.54, 1.807) is 4.31 Å². The molecule has 0 radical (unpaired) electrons. The normalized spacial score (nSPS) is 30.5. The van der Waals surface area contributed by atoms with Crippen LogP contribution in [0.15, 0.2) is 0 Å². The SMILES string of the molecule is CCC1(NC)CCCN(S(C)(=O)=O)C1. The van der Waals surface area contributed by atoms with Crippen molar-refractivity contribution in [2.45, 2.75) is 31.7 Å². The van der Waals surface area contributed by atoms with E-state index in [1.807, 2.05) is 7.05 Å². The van der Waals surface area contributed by atoms with Crippen molar-refractivity contribution in [1.82, 2.24) is 9.62 Å². The molecule has 1 aliphatic heterocycles. The minimum Gasteiger partial charge on any atom is -0.313 e. The summed E-state index contributed by atoms with van der Waals surface area (Å²) in [5, 5.41) is 3.26. The van der Waals surface area contributed by atoms with Gasteiger partial charge in [0.25, 0.3) is 0 Å². The number of rotatable bonds is 3. The zero-order chi connectivity index (χ0) is 10.8. The van der Waals surface area contributed by atoms with Gasteiger partial charge in [0.2, 0.25) is 10.0 Å². The first-order valence-corrected chi connectivity index (χ1v) is 6.92. The lowest BCUT2D eigenvalue weighted by Crippen LogP contribution is -2.56. The first-order valence-electron chi connectivity index (χ1n) is 5.07. The van der Waals surface area contributed by atoms with Gasteiger partial charge in [-0.2, -0.15) is 0 Å². The Balaban J connectivity index is 2.78. The smallest absolute Gasteiger partial charge is 0.211 e. The lowest BCUT2D eigenvalue weighted by molar-refractivity contribution is 0.189.